The fourth-order valence-electron chi connectivity index (χ4n) is 7.47. The maximum absolute atomic E-state index is 12.9. The number of carbonyl (C=O) groups is 3. The van der Waals surface area contributed by atoms with Gasteiger partial charge in [-0.25, -0.2) is 0 Å². The third kappa shape index (κ3) is 54.9. The van der Waals surface area contributed by atoms with Gasteiger partial charge < -0.3 is 14.2 Å². The van der Waals surface area contributed by atoms with Gasteiger partial charge in [0.1, 0.15) is 13.2 Å². The van der Waals surface area contributed by atoms with Gasteiger partial charge in [0.25, 0.3) is 0 Å². The number of unbranched alkanes of at least 4 members (excludes halogenated alkanes) is 21. The third-order valence-corrected chi connectivity index (χ3v) is 11.7. The summed E-state index contributed by atoms with van der Waals surface area (Å²) in [5.41, 5.74) is 0. The van der Waals surface area contributed by atoms with Crippen LogP contribution in [0.4, 0.5) is 0 Å². The predicted molar refractivity (Wildman–Crippen MR) is 297 cm³/mol. The molecule has 0 aliphatic rings. The van der Waals surface area contributed by atoms with Crippen molar-refractivity contribution in [3.05, 3.63) is 109 Å². The van der Waals surface area contributed by atoms with Gasteiger partial charge in [0.15, 0.2) is 6.10 Å². The fraction of sp³-hybridized carbons (Fsp3) is 0.667. The number of ether oxygens (including phenoxy) is 3. The molecule has 0 bridgehead atoms. The largest absolute Gasteiger partial charge is 0.462 e. The van der Waals surface area contributed by atoms with Gasteiger partial charge in [0.05, 0.1) is 0 Å². The van der Waals surface area contributed by atoms with Crippen molar-refractivity contribution in [1.82, 2.24) is 0 Å². The molecule has 0 spiro atoms. The first-order valence-corrected chi connectivity index (χ1v) is 28.4. The first-order valence-electron chi connectivity index (χ1n) is 28.4. The van der Waals surface area contributed by atoms with Crippen LogP contribution in [0.1, 0.15) is 252 Å². The highest BCUT2D eigenvalue weighted by Gasteiger charge is 2.19. The van der Waals surface area contributed by atoms with Crippen molar-refractivity contribution >= 4 is 17.9 Å². The van der Waals surface area contributed by atoms with E-state index in [9.17, 15) is 14.4 Å². The maximum atomic E-state index is 12.9. The number of carbonyl (C=O) groups excluding carboxylic acids is 3. The van der Waals surface area contributed by atoms with Gasteiger partial charge in [-0.15, -0.1) is 0 Å². The molecule has 6 heteroatoms. The molecule has 1 atom stereocenters. The fourth-order valence-corrected chi connectivity index (χ4v) is 7.47. The molecular formula is C63H104O6. The second kappa shape index (κ2) is 56.7. The lowest BCUT2D eigenvalue weighted by molar-refractivity contribution is -0.167. The Kier molecular flexibility index (Phi) is 53.4. The van der Waals surface area contributed by atoms with Crippen molar-refractivity contribution in [3.8, 4) is 0 Å². The van der Waals surface area contributed by atoms with Crippen LogP contribution in [0, 0.1) is 0 Å². The summed E-state index contributed by atoms with van der Waals surface area (Å²) in [7, 11) is 0. The molecule has 0 N–H and O–H groups in total. The van der Waals surface area contributed by atoms with Gasteiger partial charge in [-0.3, -0.25) is 14.4 Å². The second-order valence-corrected chi connectivity index (χ2v) is 18.5. The monoisotopic (exact) mass is 957 g/mol. The van der Waals surface area contributed by atoms with Crippen LogP contribution in [0.15, 0.2) is 109 Å². The van der Waals surface area contributed by atoms with Crippen LogP contribution in [0.25, 0.3) is 0 Å². The molecule has 0 unspecified atom stereocenters. The molecule has 0 aromatic carbocycles. The van der Waals surface area contributed by atoms with Crippen molar-refractivity contribution in [3.63, 3.8) is 0 Å². The highest BCUT2D eigenvalue weighted by molar-refractivity contribution is 5.71. The Labute approximate surface area is 425 Å². The molecule has 0 saturated heterocycles. The Bertz CT molecular complexity index is 1420. The molecule has 69 heavy (non-hydrogen) atoms. The summed E-state index contributed by atoms with van der Waals surface area (Å²) in [5.74, 6) is -0.983. The Morgan fingerprint density at radius 3 is 0.971 bits per heavy atom. The van der Waals surface area contributed by atoms with Crippen LogP contribution in [0.5, 0.6) is 0 Å². The van der Waals surface area contributed by atoms with Crippen LogP contribution < -0.4 is 0 Å². The minimum atomic E-state index is -0.812. The molecule has 0 saturated carbocycles. The van der Waals surface area contributed by atoms with E-state index in [4.69, 9.17) is 14.2 Å². The maximum Gasteiger partial charge on any atom is 0.306 e. The van der Waals surface area contributed by atoms with Crippen LogP contribution in [-0.4, -0.2) is 37.2 Å². The van der Waals surface area contributed by atoms with Gasteiger partial charge >= 0.3 is 17.9 Å². The van der Waals surface area contributed by atoms with Crippen molar-refractivity contribution in [1.29, 1.82) is 0 Å². The first-order chi connectivity index (χ1) is 34.0. The minimum Gasteiger partial charge on any atom is -0.462 e. The van der Waals surface area contributed by atoms with Gasteiger partial charge in [0.2, 0.25) is 0 Å². The summed E-state index contributed by atoms with van der Waals surface area (Å²) < 4.78 is 16.8. The number of hydrogen-bond donors (Lipinski definition) is 0. The topological polar surface area (TPSA) is 78.9 Å². The van der Waals surface area contributed by atoms with E-state index in [0.717, 1.165) is 109 Å². The van der Waals surface area contributed by atoms with Gasteiger partial charge in [-0.1, -0.05) is 214 Å². The Hall–Kier alpha value is -3.93. The van der Waals surface area contributed by atoms with Crippen LogP contribution in [0.2, 0.25) is 0 Å². The second-order valence-electron chi connectivity index (χ2n) is 18.5. The van der Waals surface area contributed by atoms with Crippen molar-refractivity contribution in [2.24, 2.45) is 0 Å². The van der Waals surface area contributed by atoms with Gasteiger partial charge in [-0.05, 0) is 128 Å². The van der Waals surface area contributed by atoms with E-state index in [1.807, 2.05) is 0 Å². The van der Waals surface area contributed by atoms with E-state index in [0.29, 0.717) is 19.3 Å². The lowest BCUT2D eigenvalue weighted by Crippen LogP contribution is -2.30. The van der Waals surface area contributed by atoms with E-state index in [1.54, 1.807) is 0 Å². The zero-order chi connectivity index (χ0) is 50.0. The molecule has 0 aliphatic carbocycles. The Morgan fingerprint density at radius 1 is 0.304 bits per heavy atom. The Morgan fingerprint density at radius 2 is 0.565 bits per heavy atom. The van der Waals surface area contributed by atoms with Crippen molar-refractivity contribution < 1.29 is 28.6 Å². The van der Waals surface area contributed by atoms with E-state index >= 15 is 0 Å². The summed E-state index contributed by atoms with van der Waals surface area (Å²) >= 11 is 0. The summed E-state index contributed by atoms with van der Waals surface area (Å²) in [6.07, 6.45) is 76.5. The highest BCUT2D eigenvalue weighted by atomic mass is 16.6. The summed E-state index contributed by atoms with van der Waals surface area (Å²) in [5, 5.41) is 0. The quantitative estimate of drug-likeness (QED) is 0.0262. The molecular weight excluding hydrogens is 853 g/mol. The molecule has 0 aromatic heterocycles. The number of rotatable bonds is 50. The lowest BCUT2D eigenvalue weighted by atomic mass is 10.1. The zero-order valence-corrected chi connectivity index (χ0v) is 44.8. The molecule has 0 heterocycles. The summed E-state index contributed by atoms with van der Waals surface area (Å²) in [6.45, 7) is 6.43. The molecule has 0 radical (unpaired) electrons. The van der Waals surface area contributed by atoms with Crippen molar-refractivity contribution in [2.45, 2.75) is 258 Å². The van der Waals surface area contributed by atoms with Gasteiger partial charge in [-0.2, -0.15) is 0 Å². The number of allylic oxidation sites excluding steroid dienone is 18. The van der Waals surface area contributed by atoms with Crippen LogP contribution in [0.3, 0.4) is 0 Å². The normalized spacial score (nSPS) is 12.9. The smallest absolute Gasteiger partial charge is 0.306 e. The minimum absolute atomic E-state index is 0.111. The molecule has 0 aliphatic heterocycles. The zero-order valence-electron chi connectivity index (χ0n) is 44.8. The Balaban J connectivity index is 4.52. The predicted octanol–water partition coefficient (Wildman–Crippen LogP) is 19.1. The highest BCUT2D eigenvalue weighted by Crippen LogP contribution is 2.14. The first kappa shape index (κ1) is 65.1. The lowest BCUT2D eigenvalue weighted by Gasteiger charge is -2.18. The SMILES string of the molecule is CC/C=C\C/C=C\C/C=C\C/C=C\C/C=C\CCCCCC(=O)OC[C@H](COC(=O)CCCC/C=C\C/C=C\C/C=C\CCCCC)OC(=O)CCCCCCCCC/C=C\CCCCCCCC. The molecule has 0 fully saturated rings. The number of hydrogen-bond acceptors (Lipinski definition) is 6. The van der Waals surface area contributed by atoms with Crippen LogP contribution in [-0.2, 0) is 28.6 Å². The third-order valence-electron chi connectivity index (χ3n) is 11.7. The number of esters is 3. The molecule has 6 nitrogen and oxygen atoms in total. The molecule has 0 amide bonds. The van der Waals surface area contributed by atoms with Gasteiger partial charge in [0, 0.05) is 19.3 Å². The van der Waals surface area contributed by atoms with E-state index in [-0.39, 0.29) is 31.1 Å². The van der Waals surface area contributed by atoms with E-state index < -0.39 is 6.10 Å². The molecule has 0 aromatic rings. The summed E-state index contributed by atoms with van der Waals surface area (Å²) in [4.78, 5) is 38.1. The van der Waals surface area contributed by atoms with E-state index in [1.165, 1.54) is 103 Å². The standard InChI is InChI=1S/C63H104O6/c1-4-7-10-13-16-19-22-25-28-30-31-33-35-38-41-44-47-50-53-56-62(65)68-59-60(58-67-61(64)55-52-49-46-43-40-37-34-27-24-21-18-15-12-9-6-3)69-63(66)57-54-51-48-45-42-39-36-32-29-26-23-20-17-14-11-8-5-2/h7,10,16,18-19,21,25-29,31,33-34,38,40-41,43,60H,4-6,8-9,11-15,17,20,22-24,30,32,35-37,39,42,44-59H2,1-3H3/b10-7-,19-16-,21-18-,28-25-,29-26-,33-31-,34-27-,41-38-,43-40-/t60-/m0/s1. The van der Waals surface area contributed by atoms with Crippen LogP contribution >= 0.6 is 0 Å². The molecule has 392 valence electrons. The summed E-state index contributed by atoms with van der Waals surface area (Å²) in [6, 6.07) is 0. The average Bonchev–Trinajstić information content (AvgIpc) is 3.35. The molecule has 0 rings (SSSR count). The van der Waals surface area contributed by atoms with E-state index in [2.05, 4.69) is 130 Å². The van der Waals surface area contributed by atoms with Crippen molar-refractivity contribution in [2.75, 3.05) is 13.2 Å². The average molecular weight is 958 g/mol.